The number of hydrogen-bond donors (Lipinski definition) is 4. The predicted octanol–water partition coefficient (Wildman–Crippen LogP) is 0.523. The lowest BCUT2D eigenvalue weighted by Gasteiger charge is -2.11. The minimum Gasteiger partial charge on any atom is -0.478 e. The van der Waals surface area contributed by atoms with Crippen molar-refractivity contribution in [2.75, 3.05) is 6.54 Å². The number of carboxylic acid groups (broad SMARTS) is 1. The van der Waals surface area contributed by atoms with Crippen LogP contribution in [0, 0.1) is 0 Å². The van der Waals surface area contributed by atoms with Crippen molar-refractivity contribution in [2.24, 2.45) is 5.73 Å². The fraction of sp³-hybridized carbons (Fsp3) is 0.222. The Labute approximate surface area is 150 Å². The van der Waals surface area contributed by atoms with Gasteiger partial charge < -0.3 is 21.1 Å². The molecule has 0 aliphatic rings. The summed E-state index contributed by atoms with van der Waals surface area (Å²) in [6.07, 6.45) is 4.54. The zero-order chi connectivity index (χ0) is 18.9. The monoisotopic (exact) mass is 356 g/mol. The zero-order valence-electron chi connectivity index (χ0n) is 14.0. The van der Waals surface area contributed by atoms with Gasteiger partial charge in [-0.1, -0.05) is 30.3 Å². The van der Waals surface area contributed by atoms with Gasteiger partial charge >= 0.3 is 5.97 Å². The van der Waals surface area contributed by atoms with E-state index in [1.54, 1.807) is 36.5 Å². The Morgan fingerprint density at radius 2 is 2.00 bits per heavy atom. The van der Waals surface area contributed by atoms with Crippen molar-refractivity contribution in [3.05, 3.63) is 59.7 Å². The molecule has 8 nitrogen and oxygen atoms in total. The summed E-state index contributed by atoms with van der Waals surface area (Å²) in [5.74, 6) is -2.29. The second-order valence-corrected chi connectivity index (χ2v) is 5.63. The lowest BCUT2D eigenvalue weighted by molar-refractivity contribution is -0.134. The zero-order valence-corrected chi connectivity index (χ0v) is 14.0. The van der Waals surface area contributed by atoms with Gasteiger partial charge in [0.2, 0.25) is 5.91 Å². The van der Waals surface area contributed by atoms with Crippen LogP contribution in [0.4, 0.5) is 0 Å². The lowest BCUT2D eigenvalue weighted by Crippen LogP contribution is -2.42. The average Bonchev–Trinajstić information content (AvgIpc) is 3.13. The van der Waals surface area contributed by atoms with Gasteiger partial charge in [-0.3, -0.25) is 9.59 Å². The first-order valence-corrected chi connectivity index (χ1v) is 8.01. The largest absolute Gasteiger partial charge is 0.478 e. The number of imidazole rings is 1. The molecule has 0 fully saturated rings. The summed E-state index contributed by atoms with van der Waals surface area (Å²) in [6, 6.07) is 7.90. The lowest BCUT2D eigenvalue weighted by atomic mass is 10.0. The maximum atomic E-state index is 12.2. The molecule has 1 amide bonds. The molecule has 0 bridgehead atoms. The SMILES string of the molecule is N[C@@H](Cc1cnc[nH]1)C(=O)NCCC(=O)C(=Cc1ccccc1)C(=O)O. The summed E-state index contributed by atoms with van der Waals surface area (Å²) in [5.41, 5.74) is 6.80. The minimum absolute atomic E-state index is 0.00769. The van der Waals surface area contributed by atoms with Crippen LogP contribution in [0.2, 0.25) is 0 Å². The summed E-state index contributed by atoms with van der Waals surface area (Å²) in [4.78, 5) is 42.1. The van der Waals surface area contributed by atoms with E-state index in [1.165, 1.54) is 12.4 Å². The van der Waals surface area contributed by atoms with Crippen LogP contribution in [-0.2, 0) is 20.8 Å². The third-order valence-electron chi connectivity index (χ3n) is 3.62. The van der Waals surface area contributed by atoms with E-state index in [0.29, 0.717) is 5.56 Å². The predicted molar refractivity (Wildman–Crippen MR) is 95.0 cm³/mol. The van der Waals surface area contributed by atoms with Crippen molar-refractivity contribution < 1.29 is 19.5 Å². The summed E-state index contributed by atoms with van der Waals surface area (Å²) >= 11 is 0. The van der Waals surface area contributed by atoms with Crippen LogP contribution in [-0.4, -0.2) is 45.3 Å². The second-order valence-electron chi connectivity index (χ2n) is 5.63. The molecule has 0 aliphatic heterocycles. The number of nitrogens with two attached hydrogens (primary N) is 1. The van der Waals surface area contributed by atoms with E-state index >= 15 is 0 Å². The van der Waals surface area contributed by atoms with E-state index in [9.17, 15) is 19.5 Å². The Hall–Kier alpha value is -3.26. The van der Waals surface area contributed by atoms with Gasteiger partial charge in [0.15, 0.2) is 5.78 Å². The number of carboxylic acids is 1. The highest BCUT2D eigenvalue weighted by atomic mass is 16.4. The molecule has 1 atom stereocenters. The third kappa shape index (κ3) is 5.67. The molecule has 1 heterocycles. The standard InChI is InChI=1S/C18H20N4O4/c19-15(9-13-10-20-11-22-13)17(24)21-7-6-16(23)14(18(25)26)8-12-4-2-1-3-5-12/h1-5,8,10-11,15H,6-7,9,19H2,(H,20,22)(H,21,24)(H,25,26)/t15-/m0/s1. The van der Waals surface area contributed by atoms with Crippen molar-refractivity contribution in [2.45, 2.75) is 18.9 Å². The van der Waals surface area contributed by atoms with Crippen LogP contribution in [0.1, 0.15) is 17.7 Å². The number of carbonyl (C=O) groups excluding carboxylic acids is 2. The molecule has 1 aromatic carbocycles. The van der Waals surface area contributed by atoms with Crippen molar-refractivity contribution >= 4 is 23.7 Å². The Bertz CT molecular complexity index is 785. The van der Waals surface area contributed by atoms with E-state index in [0.717, 1.165) is 5.69 Å². The summed E-state index contributed by atoms with van der Waals surface area (Å²) < 4.78 is 0. The van der Waals surface area contributed by atoms with E-state index in [-0.39, 0.29) is 25.0 Å². The number of aliphatic carboxylic acids is 1. The molecule has 1 aromatic heterocycles. The highest BCUT2D eigenvalue weighted by molar-refractivity contribution is 6.20. The Morgan fingerprint density at radius 3 is 2.62 bits per heavy atom. The molecule has 26 heavy (non-hydrogen) atoms. The molecule has 136 valence electrons. The number of carbonyl (C=O) groups is 3. The highest BCUT2D eigenvalue weighted by Gasteiger charge is 2.19. The maximum absolute atomic E-state index is 12.2. The van der Waals surface area contributed by atoms with E-state index < -0.39 is 23.7 Å². The summed E-state index contributed by atoms with van der Waals surface area (Å²) in [6.45, 7) is 0.00769. The van der Waals surface area contributed by atoms with Gasteiger partial charge in [-0.2, -0.15) is 0 Å². The quantitative estimate of drug-likeness (QED) is 0.294. The number of rotatable bonds is 9. The number of aromatic amines is 1. The minimum atomic E-state index is -1.30. The van der Waals surface area contributed by atoms with E-state index in [2.05, 4.69) is 15.3 Å². The Morgan fingerprint density at radius 1 is 1.27 bits per heavy atom. The maximum Gasteiger partial charge on any atom is 0.339 e. The normalized spacial score (nSPS) is 12.4. The number of Topliss-reactive ketones (excluding diaryl/α,β-unsaturated/α-hetero) is 1. The number of nitrogens with zero attached hydrogens (tertiary/aromatic N) is 1. The van der Waals surface area contributed by atoms with Crippen LogP contribution >= 0.6 is 0 Å². The van der Waals surface area contributed by atoms with Crippen LogP contribution in [0.5, 0.6) is 0 Å². The van der Waals surface area contributed by atoms with Gasteiger partial charge in [-0.05, 0) is 11.6 Å². The molecule has 0 saturated carbocycles. The smallest absolute Gasteiger partial charge is 0.339 e. The van der Waals surface area contributed by atoms with Gasteiger partial charge in [0, 0.05) is 31.3 Å². The molecule has 0 aliphatic carbocycles. The van der Waals surface area contributed by atoms with Gasteiger partial charge in [0.25, 0.3) is 0 Å². The van der Waals surface area contributed by atoms with Crippen molar-refractivity contribution in [1.82, 2.24) is 15.3 Å². The number of ketones is 1. The Balaban J connectivity index is 1.87. The number of aromatic nitrogens is 2. The first-order chi connectivity index (χ1) is 12.5. The first kappa shape index (κ1) is 19.1. The molecular weight excluding hydrogens is 336 g/mol. The van der Waals surface area contributed by atoms with Crippen LogP contribution in [0.15, 0.2) is 48.4 Å². The van der Waals surface area contributed by atoms with E-state index in [4.69, 9.17) is 5.73 Å². The average molecular weight is 356 g/mol. The van der Waals surface area contributed by atoms with Gasteiger partial charge in [-0.25, -0.2) is 9.78 Å². The molecule has 0 saturated heterocycles. The molecule has 2 rings (SSSR count). The number of benzene rings is 1. The second kappa shape index (κ2) is 9.28. The number of hydrogen-bond acceptors (Lipinski definition) is 5. The van der Waals surface area contributed by atoms with Crippen LogP contribution in [0.3, 0.4) is 0 Å². The fourth-order valence-electron chi connectivity index (χ4n) is 2.27. The molecule has 0 unspecified atom stereocenters. The van der Waals surface area contributed by atoms with E-state index in [1.807, 2.05) is 0 Å². The molecule has 0 radical (unpaired) electrons. The van der Waals surface area contributed by atoms with Crippen molar-refractivity contribution in [3.63, 3.8) is 0 Å². The van der Waals surface area contributed by atoms with Gasteiger partial charge in [0.1, 0.15) is 5.57 Å². The topological polar surface area (TPSA) is 138 Å². The van der Waals surface area contributed by atoms with Crippen LogP contribution in [0.25, 0.3) is 6.08 Å². The Kier molecular flexibility index (Phi) is 6.81. The number of H-pyrrole nitrogens is 1. The first-order valence-electron chi connectivity index (χ1n) is 8.01. The van der Waals surface area contributed by atoms with Crippen molar-refractivity contribution in [1.29, 1.82) is 0 Å². The summed E-state index contributed by atoms with van der Waals surface area (Å²) in [5, 5.41) is 11.8. The fourth-order valence-corrected chi connectivity index (χ4v) is 2.27. The molecular formula is C18H20N4O4. The molecule has 8 heteroatoms. The third-order valence-corrected chi connectivity index (χ3v) is 3.62. The summed E-state index contributed by atoms with van der Waals surface area (Å²) in [7, 11) is 0. The van der Waals surface area contributed by atoms with Gasteiger partial charge in [0.05, 0.1) is 12.4 Å². The van der Waals surface area contributed by atoms with Crippen molar-refractivity contribution in [3.8, 4) is 0 Å². The number of nitrogens with one attached hydrogen (secondary N) is 2. The molecule has 0 spiro atoms. The highest BCUT2D eigenvalue weighted by Crippen LogP contribution is 2.09. The van der Waals surface area contributed by atoms with Crippen LogP contribution < -0.4 is 11.1 Å². The number of amides is 1. The molecule has 2 aromatic rings. The molecule has 5 N–H and O–H groups in total. The van der Waals surface area contributed by atoms with Gasteiger partial charge in [-0.15, -0.1) is 0 Å².